The number of amides is 1. The fourth-order valence-corrected chi connectivity index (χ4v) is 2.77. The number of rotatable bonds is 2. The summed E-state index contributed by atoms with van der Waals surface area (Å²) >= 11 is 6.12. The Morgan fingerprint density at radius 2 is 1.91 bits per heavy atom. The van der Waals surface area contributed by atoms with Crippen molar-refractivity contribution >= 4 is 34.2 Å². The third kappa shape index (κ3) is 2.48. The first kappa shape index (κ1) is 14.7. The van der Waals surface area contributed by atoms with E-state index in [0.29, 0.717) is 16.4 Å². The highest BCUT2D eigenvalue weighted by molar-refractivity contribution is 6.35. The van der Waals surface area contributed by atoms with Crippen LogP contribution in [-0.4, -0.2) is 5.91 Å². The first-order chi connectivity index (χ1) is 10.5. The number of hydrogen-bond donors (Lipinski definition) is 1. The number of carbonyl (C=O) groups excluding carboxylic acids is 1. The van der Waals surface area contributed by atoms with Gasteiger partial charge in [0.25, 0.3) is 5.91 Å². The Labute approximate surface area is 133 Å². The maximum Gasteiger partial charge on any atom is 0.291 e. The van der Waals surface area contributed by atoms with Gasteiger partial charge in [0.15, 0.2) is 11.3 Å². The summed E-state index contributed by atoms with van der Waals surface area (Å²) in [6.45, 7) is 5.84. The average molecular weight is 314 g/mol. The largest absolute Gasteiger partial charge is 0.449 e. The van der Waals surface area contributed by atoms with Crippen LogP contribution in [0.25, 0.3) is 11.0 Å². The van der Waals surface area contributed by atoms with Crippen LogP contribution in [0.3, 0.4) is 0 Å². The van der Waals surface area contributed by atoms with Crippen LogP contribution in [0, 0.1) is 20.8 Å². The number of anilines is 1. The minimum Gasteiger partial charge on any atom is -0.449 e. The standard InChI is InChI=1S/C18H16ClNO2/c1-10-7-8-15(11(2)9-10)20-18(21)16-12(3)13-5-4-6-14(19)17(13)22-16/h4-9H,1-3H3,(H,20,21). The molecule has 3 aromatic rings. The topological polar surface area (TPSA) is 42.2 Å². The fraction of sp³-hybridized carbons (Fsp3) is 0.167. The van der Waals surface area contributed by atoms with Gasteiger partial charge >= 0.3 is 0 Å². The van der Waals surface area contributed by atoms with Crippen molar-refractivity contribution in [3.8, 4) is 0 Å². The number of aryl methyl sites for hydroxylation is 3. The minimum atomic E-state index is -0.267. The number of halogens is 1. The lowest BCUT2D eigenvalue weighted by Crippen LogP contribution is -2.13. The number of hydrogen-bond acceptors (Lipinski definition) is 2. The van der Waals surface area contributed by atoms with Crippen LogP contribution in [0.2, 0.25) is 5.02 Å². The van der Waals surface area contributed by atoms with Crippen LogP contribution >= 0.6 is 11.6 Å². The highest BCUT2D eigenvalue weighted by Crippen LogP contribution is 2.31. The zero-order chi connectivity index (χ0) is 15.9. The Bertz CT molecular complexity index is 880. The molecule has 4 heteroatoms. The van der Waals surface area contributed by atoms with E-state index in [-0.39, 0.29) is 5.91 Å². The van der Waals surface area contributed by atoms with Gasteiger partial charge in [0.2, 0.25) is 0 Å². The van der Waals surface area contributed by atoms with Gasteiger partial charge in [-0.1, -0.05) is 41.4 Å². The third-order valence-electron chi connectivity index (χ3n) is 3.75. The van der Waals surface area contributed by atoms with Crippen molar-refractivity contribution in [3.63, 3.8) is 0 Å². The van der Waals surface area contributed by atoms with Gasteiger partial charge in [-0.15, -0.1) is 0 Å². The van der Waals surface area contributed by atoms with Gasteiger partial charge in [-0.05, 0) is 38.5 Å². The Morgan fingerprint density at radius 3 is 2.59 bits per heavy atom. The second-order valence-electron chi connectivity index (χ2n) is 5.45. The number of nitrogens with one attached hydrogen (secondary N) is 1. The monoisotopic (exact) mass is 313 g/mol. The van der Waals surface area contributed by atoms with Crippen LogP contribution in [0.4, 0.5) is 5.69 Å². The van der Waals surface area contributed by atoms with Gasteiger partial charge in [0, 0.05) is 16.6 Å². The van der Waals surface area contributed by atoms with E-state index in [4.69, 9.17) is 16.0 Å². The maximum absolute atomic E-state index is 12.5. The lowest BCUT2D eigenvalue weighted by atomic mass is 10.1. The predicted octanol–water partition coefficient (Wildman–Crippen LogP) is 5.26. The van der Waals surface area contributed by atoms with Gasteiger partial charge in [0.1, 0.15) is 0 Å². The normalized spacial score (nSPS) is 10.9. The molecule has 0 fully saturated rings. The molecule has 1 N–H and O–H groups in total. The zero-order valence-electron chi connectivity index (χ0n) is 12.7. The molecule has 0 unspecified atom stereocenters. The molecule has 1 amide bonds. The Morgan fingerprint density at radius 1 is 1.14 bits per heavy atom. The number of fused-ring (bicyclic) bond motifs is 1. The summed E-state index contributed by atoms with van der Waals surface area (Å²) in [6.07, 6.45) is 0. The molecular formula is C18H16ClNO2. The van der Waals surface area contributed by atoms with E-state index in [2.05, 4.69) is 5.32 Å². The summed E-state index contributed by atoms with van der Waals surface area (Å²) in [5.74, 6) is 0.0276. The summed E-state index contributed by atoms with van der Waals surface area (Å²) in [5.41, 5.74) is 4.29. The van der Waals surface area contributed by atoms with Gasteiger partial charge in [0.05, 0.1) is 5.02 Å². The summed E-state index contributed by atoms with van der Waals surface area (Å²) in [4.78, 5) is 12.5. The Hall–Kier alpha value is -2.26. The van der Waals surface area contributed by atoms with Gasteiger partial charge in [-0.3, -0.25) is 4.79 Å². The van der Waals surface area contributed by atoms with Crippen molar-refractivity contribution in [2.75, 3.05) is 5.32 Å². The molecule has 1 heterocycles. The minimum absolute atomic E-state index is 0.267. The fourth-order valence-electron chi connectivity index (χ4n) is 2.56. The summed E-state index contributed by atoms with van der Waals surface area (Å²) in [6, 6.07) is 11.4. The zero-order valence-corrected chi connectivity index (χ0v) is 13.4. The summed E-state index contributed by atoms with van der Waals surface area (Å²) in [7, 11) is 0. The second kappa shape index (κ2) is 5.50. The van der Waals surface area contributed by atoms with E-state index in [1.54, 1.807) is 6.07 Å². The lowest BCUT2D eigenvalue weighted by molar-refractivity contribution is 0.0998. The molecule has 1 aromatic heterocycles. The van der Waals surface area contributed by atoms with Gasteiger partial charge in [-0.2, -0.15) is 0 Å². The third-order valence-corrected chi connectivity index (χ3v) is 4.05. The van der Waals surface area contributed by atoms with E-state index in [0.717, 1.165) is 27.8 Å². The molecule has 3 nitrogen and oxygen atoms in total. The molecule has 0 radical (unpaired) electrons. The second-order valence-corrected chi connectivity index (χ2v) is 5.85. The van der Waals surface area contributed by atoms with Gasteiger partial charge in [-0.25, -0.2) is 0 Å². The first-order valence-corrected chi connectivity index (χ1v) is 7.41. The molecule has 0 saturated heterocycles. The molecular weight excluding hydrogens is 298 g/mol. The molecule has 22 heavy (non-hydrogen) atoms. The number of benzene rings is 2. The average Bonchev–Trinajstić information content (AvgIpc) is 2.81. The SMILES string of the molecule is Cc1ccc(NC(=O)c2oc3c(Cl)cccc3c2C)c(C)c1. The number of carbonyl (C=O) groups is 1. The molecule has 3 rings (SSSR count). The van der Waals surface area contributed by atoms with Crippen molar-refractivity contribution < 1.29 is 9.21 Å². The van der Waals surface area contributed by atoms with Crippen molar-refractivity contribution in [1.29, 1.82) is 0 Å². The highest BCUT2D eigenvalue weighted by atomic mass is 35.5. The molecule has 0 atom stereocenters. The molecule has 0 bridgehead atoms. The summed E-state index contributed by atoms with van der Waals surface area (Å²) in [5, 5.41) is 4.26. The maximum atomic E-state index is 12.5. The first-order valence-electron chi connectivity index (χ1n) is 7.03. The van der Waals surface area contributed by atoms with Crippen molar-refractivity contribution in [3.05, 3.63) is 63.9 Å². The van der Waals surface area contributed by atoms with Crippen LogP contribution in [0.1, 0.15) is 27.2 Å². The van der Waals surface area contributed by atoms with E-state index >= 15 is 0 Å². The van der Waals surface area contributed by atoms with Crippen molar-refractivity contribution in [2.24, 2.45) is 0 Å². The van der Waals surface area contributed by atoms with E-state index in [9.17, 15) is 4.79 Å². The molecule has 0 aliphatic heterocycles. The van der Waals surface area contributed by atoms with Crippen LogP contribution in [-0.2, 0) is 0 Å². The lowest BCUT2D eigenvalue weighted by Gasteiger charge is -2.08. The number of para-hydroxylation sites is 1. The van der Waals surface area contributed by atoms with Crippen LogP contribution in [0.15, 0.2) is 40.8 Å². The number of furan rings is 1. The Balaban J connectivity index is 1.99. The van der Waals surface area contributed by atoms with E-state index in [1.165, 1.54) is 0 Å². The molecule has 0 saturated carbocycles. The van der Waals surface area contributed by atoms with Crippen molar-refractivity contribution in [1.82, 2.24) is 0 Å². The molecule has 0 aliphatic rings. The molecule has 0 spiro atoms. The van der Waals surface area contributed by atoms with E-state index in [1.807, 2.05) is 51.1 Å². The van der Waals surface area contributed by atoms with E-state index < -0.39 is 0 Å². The van der Waals surface area contributed by atoms with Crippen molar-refractivity contribution in [2.45, 2.75) is 20.8 Å². The molecule has 0 aliphatic carbocycles. The quantitative estimate of drug-likeness (QED) is 0.701. The summed E-state index contributed by atoms with van der Waals surface area (Å²) < 4.78 is 5.68. The molecule has 112 valence electrons. The predicted molar refractivity (Wildman–Crippen MR) is 89.8 cm³/mol. The van der Waals surface area contributed by atoms with Gasteiger partial charge < -0.3 is 9.73 Å². The highest BCUT2D eigenvalue weighted by Gasteiger charge is 2.19. The molecule has 2 aromatic carbocycles. The Kier molecular flexibility index (Phi) is 3.67. The van der Waals surface area contributed by atoms with Crippen LogP contribution in [0.5, 0.6) is 0 Å². The van der Waals surface area contributed by atoms with Crippen LogP contribution < -0.4 is 5.32 Å². The smallest absolute Gasteiger partial charge is 0.291 e.